The van der Waals surface area contributed by atoms with E-state index in [0.717, 1.165) is 66.5 Å². The number of hydrogen-bond donors (Lipinski definition) is 0. The van der Waals surface area contributed by atoms with Gasteiger partial charge in [-0.1, -0.05) is 84.9 Å². The van der Waals surface area contributed by atoms with Gasteiger partial charge in [-0.15, -0.1) is 0 Å². The molecule has 0 radical (unpaired) electrons. The number of para-hydroxylation sites is 2. The maximum atomic E-state index is 10.3. The van der Waals surface area contributed by atoms with E-state index >= 15 is 0 Å². The molecule has 0 spiro atoms. The third-order valence-electron chi connectivity index (χ3n) is 9.63. The Balaban J connectivity index is 1.18. The van der Waals surface area contributed by atoms with Crippen molar-refractivity contribution in [3.8, 4) is 51.8 Å². The number of benzene rings is 7. The third kappa shape index (κ3) is 4.31. The first-order chi connectivity index (χ1) is 24.7. The molecule has 0 aliphatic carbocycles. The molecule has 0 saturated carbocycles. The predicted octanol–water partition coefficient (Wildman–Crippen LogP) is 10.8. The fourth-order valence-electron chi connectivity index (χ4n) is 7.47. The van der Waals surface area contributed by atoms with E-state index in [1.54, 1.807) is 0 Å². The zero-order valence-corrected chi connectivity index (χ0v) is 26.7. The minimum atomic E-state index is 0.553. The van der Waals surface area contributed by atoms with Gasteiger partial charge in [0.2, 0.25) is 0 Å². The van der Waals surface area contributed by atoms with Crippen LogP contribution in [-0.4, -0.2) is 9.13 Å². The van der Waals surface area contributed by atoms with E-state index in [0.29, 0.717) is 16.7 Å². The van der Waals surface area contributed by atoms with Gasteiger partial charge >= 0.3 is 0 Å². The molecule has 5 nitrogen and oxygen atoms in total. The summed E-state index contributed by atoms with van der Waals surface area (Å²) in [7, 11) is 0. The lowest BCUT2D eigenvalue weighted by Gasteiger charge is -2.16. The highest BCUT2D eigenvalue weighted by atomic mass is 15.0. The van der Waals surface area contributed by atoms with E-state index in [9.17, 15) is 15.8 Å². The maximum absolute atomic E-state index is 10.3. The van der Waals surface area contributed by atoms with Gasteiger partial charge in [0, 0.05) is 32.8 Å². The summed E-state index contributed by atoms with van der Waals surface area (Å²) in [4.78, 5) is 0. The molecule has 230 valence electrons. The second-order valence-electron chi connectivity index (χ2n) is 12.3. The summed E-state index contributed by atoms with van der Waals surface area (Å²) >= 11 is 0. The second-order valence-corrected chi connectivity index (χ2v) is 12.3. The monoisotopic (exact) mass is 635 g/mol. The van der Waals surface area contributed by atoms with Crippen molar-refractivity contribution in [2.45, 2.75) is 0 Å². The van der Waals surface area contributed by atoms with Crippen LogP contribution in [-0.2, 0) is 0 Å². The number of rotatable bonds is 4. The first-order valence-corrected chi connectivity index (χ1v) is 16.3. The van der Waals surface area contributed by atoms with Crippen molar-refractivity contribution in [3.63, 3.8) is 0 Å². The van der Waals surface area contributed by atoms with Crippen LogP contribution in [0, 0.1) is 34.0 Å². The van der Waals surface area contributed by atoms with Crippen LogP contribution in [0.5, 0.6) is 0 Å². The van der Waals surface area contributed by atoms with Crippen LogP contribution in [0.15, 0.2) is 152 Å². The lowest BCUT2D eigenvalue weighted by molar-refractivity contribution is 1.18. The number of aromatic nitrogens is 2. The summed E-state index contributed by atoms with van der Waals surface area (Å²) in [5.41, 5.74) is 11.6. The molecule has 0 fully saturated rings. The molecule has 0 unspecified atom stereocenters. The van der Waals surface area contributed by atoms with Gasteiger partial charge in [0.25, 0.3) is 0 Å². The number of nitrogens with zero attached hydrogens (tertiary/aromatic N) is 5. The average molecular weight is 636 g/mol. The van der Waals surface area contributed by atoms with Gasteiger partial charge in [-0.25, -0.2) is 0 Å². The molecule has 0 amide bonds. The topological polar surface area (TPSA) is 81.2 Å². The van der Waals surface area contributed by atoms with Crippen LogP contribution in [0.1, 0.15) is 16.7 Å². The molecule has 5 heteroatoms. The van der Waals surface area contributed by atoms with E-state index in [1.807, 2.05) is 54.6 Å². The highest BCUT2D eigenvalue weighted by molar-refractivity contribution is 6.12. The highest BCUT2D eigenvalue weighted by Crippen LogP contribution is 2.39. The maximum Gasteiger partial charge on any atom is 0.0998 e. The van der Waals surface area contributed by atoms with Gasteiger partial charge in [-0.3, -0.25) is 0 Å². The van der Waals surface area contributed by atoms with E-state index in [-0.39, 0.29) is 0 Å². The van der Waals surface area contributed by atoms with Crippen molar-refractivity contribution in [1.82, 2.24) is 9.13 Å². The van der Waals surface area contributed by atoms with E-state index in [4.69, 9.17) is 0 Å². The first kappa shape index (κ1) is 28.8. The summed E-state index contributed by atoms with van der Waals surface area (Å²) in [5, 5.41) is 33.9. The molecular weight excluding hydrogens is 611 g/mol. The molecule has 9 rings (SSSR count). The largest absolute Gasteiger partial charge is 0.309 e. The molecule has 2 aromatic heterocycles. The Bertz CT molecular complexity index is 2900. The van der Waals surface area contributed by atoms with E-state index in [1.165, 1.54) is 10.8 Å². The molecule has 0 atom stereocenters. The van der Waals surface area contributed by atoms with Gasteiger partial charge in [0.05, 0.1) is 62.7 Å². The van der Waals surface area contributed by atoms with Crippen LogP contribution in [0.4, 0.5) is 0 Å². The quantitative estimate of drug-likeness (QED) is 0.193. The Morgan fingerprint density at radius 1 is 0.400 bits per heavy atom. The van der Waals surface area contributed by atoms with Crippen LogP contribution >= 0.6 is 0 Å². The minimum Gasteiger partial charge on any atom is -0.309 e. The van der Waals surface area contributed by atoms with Gasteiger partial charge in [-0.05, 0) is 83.4 Å². The SMILES string of the molecule is N#Cc1ccc2c(c1)c1c(C#N)cccc1n2-c1cccc(-c2ccc(-c3c(C#N)cccc3-n3c4ccccc4c4ccccc43)cc2)c1. The molecule has 0 bridgehead atoms. The normalized spacial score (nSPS) is 11.1. The Hall–Kier alpha value is -7.39. The van der Waals surface area contributed by atoms with E-state index < -0.39 is 0 Å². The Morgan fingerprint density at radius 3 is 1.74 bits per heavy atom. The summed E-state index contributed by atoms with van der Waals surface area (Å²) in [6.07, 6.45) is 0. The van der Waals surface area contributed by atoms with Crippen molar-refractivity contribution in [1.29, 1.82) is 15.8 Å². The first-order valence-electron chi connectivity index (χ1n) is 16.3. The minimum absolute atomic E-state index is 0.553. The van der Waals surface area contributed by atoms with E-state index in [2.05, 4.69) is 124 Å². The molecule has 0 saturated heterocycles. The van der Waals surface area contributed by atoms with Crippen LogP contribution in [0.25, 0.3) is 77.2 Å². The average Bonchev–Trinajstić information content (AvgIpc) is 3.70. The zero-order chi connectivity index (χ0) is 33.8. The summed E-state index contributed by atoms with van der Waals surface area (Å²) < 4.78 is 4.42. The Kier molecular flexibility index (Phi) is 6.56. The summed E-state index contributed by atoms with van der Waals surface area (Å²) in [6, 6.07) is 57.9. The standard InChI is InChI=1S/C45H25N5/c46-26-29-18-23-41-38(24-29)45-34(28-48)10-7-17-43(45)49(41)35-11-5-8-32(25-35)30-19-21-31(22-20-30)44-33(27-47)9-6-16-42(44)50-39-14-3-1-12-36(39)37-13-2-4-15-40(37)50/h1-25H. The molecule has 7 aromatic carbocycles. The molecule has 0 aliphatic heterocycles. The number of hydrogen-bond acceptors (Lipinski definition) is 3. The van der Waals surface area contributed by atoms with Gasteiger partial charge in [0.1, 0.15) is 0 Å². The lowest BCUT2D eigenvalue weighted by Crippen LogP contribution is -1.99. The van der Waals surface area contributed by atoms with Gasteiger partial charge < -0.3 is 9.13 Å². The third-order valence-corrected chi connectivity index (χ3v) is 9.63. The fraction of sp³-hybridized carbons (Fsp3) is 0. The molecule has 50 heavy (non-hydrogen) atoms. The fourth-order valence-corrected chi connectivity index (χ4v) is 7.47. The zero-order valence-electron chi connectivity index (χ0n) is 26.7. The predicted molar refractivity (Wildman–Crippen MR) is 200 cm³/mol. The van der Waals surface area contributed by atoms with Crippen LogP contribution in [0.2, 0.25) is 0 Å². The van der Waals surface area contributed by atoms with Crippen molar-refractivity contribution in [3.05, 3.63) is 168 Å². The molecule has 0 aliphatic rings. The smallest absolute Gasteiger partial charge is 0.0998 e. The van der Waals surface area contributed by atoms with Crippen LogP contribution in [0.3, 0.4) is 0 Å². The van der Waals surface area contributed by atoms with Gasteiger partial charge in [-0.2, -0.15) is 15.8 Å². The summed E-state index contributed by atoms with van der Waals surface area (Å²) in [6.45, 7) is 0. The molecule has 2 heterocycles. The highest BCUT2D eigenvalue weighted by Gasteiger charge is 2.19. The van der Waals surface area contributed by atoms with Gasteiger partial charge in [0.15, 0.2) is 0 Å². The van der Waals surface area contributed by atoms with Crippen LogP contribution < -0.4 is 0 Å². The second kappa shape index (κ2) is 11.4. The van der Waals surface area contributed by atoms with Crippen molar-refractivity contribution >= 4 is 43.6 Å². The molecule has 0 N–H and O–H groups in total. The Labute approximate surface area is 287 Å². The van der Waals surface area contributed by atoms with Crippen molar-refractivity contribution in [2.24, 2.45) is 0 Å². The van der Waals surface area contributed by atoms with Crippen molar-refractivity contribution in [2.75, 3.05) is 0 Å². The molecular formula is C45H25N5. The Morgan fingerprint density at radius 2 is 1.02 bits per heavy atom. The lowest BCUT2D eigenvalue weighted by atomic mass is 9.95. The van der Waals surface area contributed by atoms with Crippen molar-refractivity contribution < 1.29 is 0 Å². The molecule has 9 aromatic rings. The summed E-state index contributed by atoms with van der Waals surface area (Å²) in [5.74, 6) is 0. The number of nitriles is 3. The number of fused-ring (bicyclic) bond motifs is 6.